The van der Waals surface area contributed by atoms with Crippen LogP contribution in [0.15, 0.2) is 118 Å². The Hall–Kier alpha value is -4.34. The number of para-hydroxylation sites is 1. The van der Waals surface area contributed by atoms with Crippen molar-refractivity contribution >= 4 is 64.6 Å². The van der Waals surface area contributed by atoms with Gasteiger partial charge in [-0.05, 0) is 64.7 Å². The number of benzene rings is 5. The highest BCUT2D eigenvalue weighted by Crippen LogP contribution is 2.43. The molecule has 0 fully saturated rings. The molecule has 2 nitrogen and oxygen atoms in total. The van der Waals surface area contributed by atoms with Gasteiger partial charge in [0.15, 0.2) is 4.90 Å². The predicted molar refractivity (Wildman–Crippen MR) is 147 cm³/mol. The minimum atomic E-state index is 0.920. The van der Waals surface area contributed by atoms with E-state index in [2.05, 4.69) is 97.1 Å². The Labute approximate surface area is 204 Å². The molecule has 0 amide bonds. The summed E-state index contributed by atoms with van der Waals surface area (Å²) in [5.74, 6) is 0. The number of hydrogen-bond acceptors (Lipinski definition) is 3. The van der Waals surface area contributed by atoms with Crippen molar-refractivity contribution in [3.8, 4) is 22.3 Å². The molecule has 8 aromatic rings. The summed E-state index contributed by atoms with van der Waals surface area (Å²) < 4.78 is 13.5. The minimum Gasteiger partial charge on any atom is -0.456 e. The van der Waals surface area contributed by atoms with Crippen molar-refractivity contribution in [2.45, 2.75) is 0 Å². The van der Waals surface area contributed by atoms with Gasteiger partial charge in [0.25, 0.3) is 0 Å². The third kappa shape index (κ3) is 2.82. The van der Waals surface area contributed by atoms with E-state index in [9.17, 15) is 0 Å². The van der Waals surface area contributed by atoms with E-state index in [0.29, 0.717) is 0 Å². The zero-order valence-corrected chi connectivity index (χ0v) is 19.4. The molecule has 0 bridgehead atoms. The van der Waals surface area contributed by atoms with Gasteiger partial charge in [0.1, 0.15) is 16.7 Å². The standard InChI is InChI=1S/C32H18O2S/c1-2-6-19(7-3-1)20-10-14-29-25(17-20)31-26-18-22(12-15-30(26)35-32(31)34-29)21-11-13-28-24(16-21)23-8-4-5-9-27(23)33-28/h1-18H. The maximum atomic E-state index is 6.28. The molecular formula is C32H18O2S. The van der Waals surface area contributed by atoms with E-state index < -0.39 is 0 Å². The van der Waals surface area contributed by atoms with Crippen LogP contribution in [-0.2, 0) is 0 Å². The smallest absolute Gasteiger partial charge is 0.190 e. The molecule has 0 N–H and O–H groups in total. The molecule has 3 heterocycles. The molecule has 0 radical (unpaired) electrons. The normalized spacial score (nSPS) is 12.0. The lowest BCUT2D eigenvalue weighted by molar-refractivity contribution is 0.669. The lowest BCUT2D eigenvalue weighted by Crippen LogP contribution is -1.79. The summed E-state index contributed by atoms with van der Waals surface area (Å²) in [6.45, 7) is 0. The predicted octanol–water partition coefficient (Wildman–Crippen LogP) is 10.0. The van der Waals surface area contributed by atoms with Crippen molar-refractivity contribution in [1.29, 1.82) is 0 Å². The van der Waals surface area contributed by atoms with E-state index >= 15 is 0 Å². The molecule has 35 heavy (non-hydrogen) atoms. The highest BCUT2D eigenvalue weighted by atomic mass is 32.1. The lowest BCUT2D eigenvalue weighted by Gasteiger charge is -2.04. The van der Waals surface area contributed by atoms with Crippen molar-refractivity contribution in [3.63, 3.8) is 0 Å². The van der Waals surface area contributed by atoms with Gasteiger partial charge in [-0.15, -0.1) is 0 Å². The molecule has 0 aliphatic carbocycles. The van der Waals surface area contributed by atoms with Crippen LogP contribution in [0, 0.1) is 0 Å². The fourth-order valence-electron chi connectivity index (χ4n) is 5.21. The summed E-state index contributed by atoms with van der Waals surface area (Å²) >= 11 is 1.72. The minimum absolute atomic E-state index is 0.920. The average Bonchev–Trinajstić information content (AvgIpc) is 3.57. The van der Waals surface area contributed by atoms with Crippen LogP contribution in [0.1, 0.15) is 0 Å². The first kappa shape index (κ1) is 19.0. The van der Waals surface area contributed by atoms with Crippen LogP contribution >= 0.6 is 11.3 Å². The van der Waals surface area contributed by atoms with Gasteiger partial charge in [0.05, 0.1) is 0 Å². The molecule has 0 aliphatic heterocycles. The summed E-state index contributed by atoms with van der Waals surface area (Å²) in [6, 6.07) is 38.4. The van der Waals surface area contributed by atoms with Crippen molar-refractivity contribution in [3.05, 3.63) is 109 Å². The summed E-state index contributed by atoms with van der Waals surface area (Å²) in [5, 5.41) is 5.91. The van der Waals surface area contributed by atoms with Crippen molar-refractivity contribution in [1.82, 2.24) is 0 Å². The van der Waals surface area contributed by atoms with E-state index in [4.69, 9.17) is 8.83 Å². The van der Waals surface area contributed by atoms with Gasteiger partial charge < -0.3 is 8.83 Å². The van der Waals surface area contributed by atoms with E-state index in [-0.39, 0.29) is 0 Å². The van der Waals surface area contributed by atoms with Crippen LogP contribution in [0.25, 0.3) is 75.5 Å². The average molecular weight is 467 g/mol. The molecule has 0 spiro atoms. The monoisotopic (exact) mass is 466 g/mol. The highest BCUT2D eigenvalue weighted by Gasteiger charge is 2.16. The zero-order valence-electron chi connectivity index (χ0n) is 18.6. The van der Waals surface area contributed by atoms with Crippen molar-refractivity contribution < 1.29 is 8.83 Å². The maximum Gasteiger partial charge on any atom is 0.190 e. The highest BCUT2D eigenvalue weighted by molar-refractivity contribution is 7.25. The second-order valence-corrected chi connectivity index (χ2v) is 9.98. The van der Waals surface area contributed by atoms with Gasteiger partial charge in [-0.2, -0.15) is 0 Å². The van der Waals surface area contributed by atoms with Gasteiger partial charge in [0, 0.05) is 31.6 Å². The van der Waals surface area contributed by atoms with Crippen LogP contribution in [-0.4, -0.2) is 0 Å². The molecule has 3 heteroatoms. The van der Waals surface area contributed by atoms with E-state index in [0.717, 1.165) is 32.4 Å². The summed E-state index contributed by atoms with van der Waals surface area (Å²) in [7, 11) is 0. The number of thiophene rings is 1. The number of hydrogen-bond donors (Lipinski definition) is 0. The Bertz CT molecular complexity index is 2050. The molecule has 0 atom stereocenters. The van der Waals surface area contributed by atoms with Gasteiger partial charge in [-0.1, -0.05) is 78.1 Å². The van der Waals surface area contributed by atoms with Crippen molar-refractivity contribution in [2.24, 2.45) is 0 Å². The summed E-state index contributed by atoms with van der Waals surface area (Å²) in [5.41, 5.74) is 7.57. The lowest BCUT2D eigenvalue weighted by atomic mass is 9.99. The van der Waals surface area contributed by atoms with Crippen LogP contribution < -0.4 is 0 Å². The Morgan fingerprint density at radius 2 is 1.06 bits per heavy atom. The Morgan fingerprint density at radius 1 is 0.429 bits per heavy atom. The van der Waals surface area contributed by atoms with Crippen LogP contribution in [0.3, 0.4) is 0 Å². The van der Waals surface area contributed by atoms with Crippen LogP contribution in [0.4, 0.5) is 0 Å². The fraction of sp³-hybridized carbons (Fsp3) is 0. The third-order valence-corrected chi connectivity index (χ3v) is 7.97. The summed E-state index contributed by atoms with van der Waals surface area (Å²) in [4.78, 5) is 0.980. The molecular weight excluding hydrogens is 448 g/mol. The van der Waals surface area contributed by atoms with Crippen LogP contribution in [0.5, 0.6) is 0 Å². The Morgan fingerprint density at radius 3 is 1.91 bits per heavy atom. The molecule has 5 aromatic carbocycles. The number of fused-ring (bicyclic) bond motifs is 8. The topological polar surface area (TPSA) is 26.3 Å². The second-order valence-electron chi connectivity index (χ2n) is 8.96. The molecule has 0 saturated carbocycles. The Kier molecular flexibility index (Phi) is 3.85. The van der Waals surface area contributed by atoms with Gasteiger partial charge in [0.2, 0.25) is 0 Å². The van der Waals surface area contributed by atoms with Gasteiger partial charge in [-0.25, -0.2) is 0 Å². The first-order valence-corrected chi connectivity index (χ1v) is 12.5. The maximum absolute atomic E-state index is 6.28. The van der Waals surface area contributed by atoms with Gasteiger partial charge in [-0.3, -0.25) is 0 Å². The van der Waals surface area contributed by atoms with Crippen molar-refractivity contribution in [2.75, 3.05) is 0 Å². The number of rotatable bonds is 2. The van der Waals surface area contributed by atoms with E-state index in [1.54, 1.807) is 11.3 Å². The quantitative estimate of drug-likeness (QED) is 0.253. The molecule has 8 rings (SSSR count). The SMILES string of the molecule is c1ccc(-c2ccc3oc4sc5ccc(-c6ccc7oc8ccccc8c7c6)cc5c4c3c2)cc1. The zero-order chi connectivity index (χ0) is 22.9. The fourth-order valence-corrected chi connectivity index (χ4v) is 6.27. The van der Waals surface area contributed by atoms with Gasteiger partial charge >= 0.3 is 0 Å². The molecule has 0 aliphatic rings. The third-order valence-electron chi connectivity index (χ3n) is 6.92. The van der Waals surface area contributed by atoms with E-state index in [1.165, 1.54) is 43.1 Å². The van der Waals surface area contributed by atoms with Crippen LogP contribution in [0.2, 0.25) is 0 Å². The summed E-state index contributed by atoms with van der Waals surface area (Å²) in [6.07, 6.45) is 0. The molecule has 0 saturated heterocycles. The number of furan rings is 2. The molecule has 0 unspecified atom stereocenters. The second kappa shape index (κ2) is 7.08. The molecule has 164 valence electrons. The van der Waals surface area contributed by atoms with E-state index in [1.807, 2.05) is 12.1 Å². The first-order chi connectivity index (χ1) is 17.3. The molecule has 3 aromatic heterocycles. The Balaban J connectivity index is 1.35. The largest absolute Gasteiger partial charge is 0.456 e. The first-order valence-electron chi connectivity index (χ1n) is 11.7.